The third-order valence-electron chi connectivity index (χ3n) is 4.13. The van der Waals surface area contributed by atoms with Gasteiger partial charge in [-0.05, 0) is 18.8 Å². The number of rotatable bonds is 4. The van der Waals surface area contributed by atoms with Gasteiger partial charge in [0.2, 0.25) is 0 Å². The molecule has 0 aromatic carbocycles. The molecule has 1 heterocycles. The first-order chi connectivity index (χ1) is 9.05. The zero-order valence-electron chi connectivity index (χ0n) is 11.4. The van der Waals surface area contributed by atoms with Crippen molar-refractivity contribution in [2.45, 2.75) is 51.0 Å². The molecule has 2 aliphatic rings. The van der Waals surface area contributed by atoms with Crippen molar-refractivity contribution >= 4 is 15.9 Å². The molecule has 1 aliphatic carbocycles. The lowest BCUT2D eigenvalue weighted by molar-refractivity contribution is 0.236. The number of hydrogen-bond donors (Lipinski definition) is 2. The van der Waals surface area contributed by atoms with E-state index in [9.17, 15) is 13.2 Å². The van der Waals surface area contributed by atoms with Crippen molar-refractivity contribution in [3.8, 4) is 0 Å². The van der Waals surface area contributed by atoms with Crippen LogP contribution in [0.25, 0.3) is 0 Å². The molecule has 2 amide bonds. The van der Waals surface area contributed by atoms with E-state index in [2.05, 4.69) is 10.6 Å². The summed E-state index contributed by atoms with van der Waals surface area (Å²) in [6.07, 6.45) is 8.12. The summed E-state index contributed by atoms with van der Waals surface area (Å²) < 4.78 is 22.5. The van der Waals surface area contributed by atoms with Gasteiger partial charge in [0.1, 0.15) is 0 Å². The Balaban J connectivity index is 1.59. The van der Waals surface area contributed by atoms with Gasteiger partial charge in [-0.15, -0.1) is 0 Å². The molecule has 1 unspecified atom stereocenters. The van der Waals surface area contributed by atoms with Gasteiger partial charge < -0.3 is 10.6 Å². The first kappa shape index (κ1) is 14.6. The lowest BCUT2D eigenvalue weighted by Gasteiger charge is -2.21. The van der Waals surface area contributed by atoms with E-state index in [-0.39, 0.29) is 23.6 Å². The summed E-state index contributed by atoms with van der Waals surface area (Å²) in [5.41, 5.74) is 0. The van der Waals surface area contributed by atoms with Gasteiger partial charge in [-0.25, -0.2) is 13.2 Å². The Labute approximate surface area is 115 Å². The van der Waals surface area contributed by atoms with Crippen molar-refractivity contribution in [3.63, 3.8) is 0 Å². The molecule has 0 aromatic rings. The molecule has 0 radical (unpaired) electrons. The topological polar surface area (TPSA) is 75.3 Å². The molecule has 2 rings (SSSR count). The van der Waals surface area contributed by atoms with Crippen LogP contribution in [-0.4, -0.2) is 38.5 Å². The SMILES string of the molecule is O=C(NCCC1CCCCC1)NC1CCS(=O)(=O)C1. The third kappa shape index (κ3) is 5.01. The summed E-state index contributed by atoms with van der Waals surface area (Å²) in [6, 6.07) is -0.433. The first-order valence-electron chi connectivity index (χ1n) is 7.30. The molecule has 5 nitrogen and oxygen atoms in total. The minimum atomic E-state index is -2.92. The molecular formula is C13H24N2O3S. The first-order valence-corrected chi connectivity index (χ1v) is 9.12. The smallest absolute Gasteiger partial charge is 0.315 e. The van der Waals surface area contributed by atoms with Gasteiger partial charge in [0, 0.05) is 12.6 Å². The predicted molar refractivity (Wildman–Crippen MR) is 74.8 cm³/mol. The highest BCUT2D eigenvalue weighted by atomic mass is 32.2. The molecule has 0 aromatic heterocycles. The number of carbonyl (C=O) groups excluding carboxylic acids is 1. The molecule has 1 atom stereocenters. The number of urea groups is 1. The molecular weight excluding hydrogens is 264 g/mol. The molecule has 1 saturated heterocycles. The Hall–Kier alpha value is -0.780. The van der Waals surface area contributed by atoms with E-state index in [0.29, 0.717) is 13.0 Å². The largest absolute Gasteiger partial charge is 0.338 e. The maximum atomic E-state index is 11.6. The standard InChI is InChI=1S/C13H24N2O3S/c16-13(15-12-7-9-19(17,18)10-12)14-8-6-11-4-2-1-3-5-11/h11-12H,1-10H2,(H2,14,15,16). The van der Waals surface area contributed by atoms with Gasteiger partial charge >= 0.3 is 6.03 Å². The summed E-state index contributed by atoms with van der Waals surface area (Å²) in [6.45, 7) is 0.690. The van der Waals surface area contributed by atoms with Crippen LogP contribution in [0.1, 0.15) is 44.9 Å². The van der Waals surface area contributed by atoms with Gasteiger partial charge in [0.25, 0.3) is 0 Å². The number of amides is 2. The van der Waals surface area contributed by atoms with Crippen molar-refractivity contribution in [2.24, 2.45) is 5.92 Å². The fourth-order valence-electron chi connectivity index (χ4n) is 3.01. The third-order valence-corrected chi connectivity index (χ3v) is 5.90. The van der Waals surface area contributed by atoms with Crippen LogP contribution in [0.2, 0.25) is 0 Å². The van der Waals surface area contributed by atoms with Crippen LogP contribution in [0.15, 0.2) is 0 Å². The average molecular weight is 288 g/mol. The highest BCUT2D eigenvalue weighted by Gasteiger charge is 2.28. The van der Waals surface area contributed by atoms with Gasteiger partial charge in [-0.2, -0.15) is 0 Å². The Bertz CT molecular complexity index is 402. The molecule has 19 heavy (non-hydrogen) atoms. The quantitative estimate of drug-likeness (QED) is 0.822. The lowest BCUT2D eigenvalue weighted by atomic mass is 9.87. The Morgan fingerprint density at radius 3 is 2.47 bits per heavy atom. The zero-order chi connectivity index (χ0) is 13.7. The van der Waals surface area contributed by atoms with Crippen LogP contribution in [0.5, 0.6) is 0 Å². The molecule has 0 spiro atoms. The molecule has 1 aliphatic heterocycles. The maximum Gasteiger partial charge on any atom is 0.315 e. The molecule has 2 N–H and O–H groups in total. The van der Waals surface area contributed by atoms with Crippen LogP contribution in [0, 0.1) is 5.92 Å². The van der Waals surface area contributed by atoms with E-state index in [0.717, 1.165) is 12.3 Å². The summed E-state index contributed by atoms with van der Waals surface area (Å²) in [4.78, 5) is 11.6. The van der Waals surface area contributed by atoms with Crippen LogP contribution < -0.4 is 10.6 Å². The second kappa shape index (κ2) is 6.59. The molecule has 6 heteroatoms. The van der Waals surface area contributed by atoms with Crippen molar-refractivity contribution in [2.75, 3.05) is 18.1 Å². The minimum absolute atomic E-state index is 0.0864. The minimum Gasteiger partial charge on any atom is -0.338 e. The van der Waals surface area contributed by atoms with Gasteiger partial charge in [-0.1, -0.05) is 32.1 Å². The second-order valence-electron chi connectivity index (χ2n) is 5.79. The van der Waals surface area contributed by atoms with Crippen molar-refractivity contribution in [1.29, 1.82) is 0 Å². The summed E-state index contributed by atoms with van der Waals surface area (Å²) in [5, 5.41) is 5.58. The van der Waals surface area contributed by atoms with E-state index >= 15 is 0 Å². The summed E-state index contributed by atoms with van der Waals surface area (Å²) >= 11 is 0. The Morgan fingerprint density at radius 2 is 1.84 bits per heavy atom. The fourth-order valence-corrected chi connectivity index (χ4v) is 4.68. The van der Waals surface area contributed by atoms with Crippen molar-refractivity contribution in [3.05, 3.63) is 0 Å². The molecule has 1 saturated carbocycles. The zero-order valence-corrected chi connectivity index (χ0v) is 12.2. The fraction of sp³-hybridized carbons (Fsp3) is 0.923. The average Bonchev–Trinajstić information content (AvgIpc) is 2.70. The molecule has 2 fully saturated rings. The molecule has 110 valence electrons. The van der Waals surface area contributed by atoms with Crippen LogP contribution in [0.4, 0.5) is 4.79 Å². The second-order valence-corrected chi connectivity index (χ2v) is 8.02. The Kier molecular flexibility index (Phi) is 5.07. The summed E-state index contributed by atoms with van der Waals surface area (Å²) in [7, 11) is -2.92. The van der Waals surface area contributed by atoms with Crippen LogP contribution in [0.3, 0.4) is 0 Å². The predicted octanol–water partition coefficient (Wildman–Crippen LogP) is 1.44. The highest BCUT2D eigenvalue weighted by Crippen LogP contribution is 2.25. The van der Waals surface area contributed by atoms with E-state index in [4.69, 9.17) is 0 Å². The van der Waals surface area contributed by atoms with Crippen LogP contribution in [-0.2, 0) is 9.84 Å². The van der Waals surface area contributed by atoms with Crippen molar-refractivity contribution < 1.29 is 13.2 Å². The monoisotopic (exact) mass is 288 g/mol. The van der Waals surface area contributed by atoms with E-state index in [1.165, 1.54) is 32.1 Å². The number of carbonyl (C=O) groups is 1. The number of sulfone groups is 1. The molecule has 0 bridgehead atoms. The maximum absolute atomic E-state index is 11.6. The van der Waals surface area contributed by atoms with Crippen LogP contribution >= 0.6 is 0 Å². The van der Waals surface area contributed by atoms with E-state index in [1.807, 2.05) is 0 Å². The van der Waals surface area contributed by atoms with E-state index < -0.39 is 9.84 Å². The van der Waals surface area contributed by atoms with Crippen molar-refractivity contribution in [1.82, 2.24) is 10.6 Å². The number of nitrogens with one attached hydrogen (secondary N) is 2. The van der Waals surface area contributed by atoms with Gasteiger partial charge in [0.05, 0.1) is 11.5 Å². The Morgan fingerprint density at radius 1 is 1.11 bits per heavy atom. The van der Waals surface area contributed by atoms with Gasteiger partial charge in [-0.3, -0.25) is 0 Å². The summed E-state index contributed by atoms with van der Waals surface area (Å²) in [5.74, 6) is 1.03. The highest BCUT2D eigenvalue weighted by molar-refractivity contribution is 7.91. The van der Waals surface area contributed by atoms with E-state index in [1.54, 1.807) is 0 Å². The number of hydrogen-bond acceptors (Lipinski definition) is 3. The lowest BCUT2D eigenvalue weighted by Crippen LogP contribution is -2.43. The van der Waals surface area contributed by atoms with Gasteiger partial charge in [0.15, 0.2) is 9.84 Å². The normalized spacial score (nSPS) is 27.1.